The van der Waals surface area contributed by atoms with E-state index in [9.17, 15) is 14.4 Å². The summed E-state index contributed by atoms with van der Waals surface area (Å²) in [6.45, 7) is 7.37. The number of benzene rings is 2. The molecule has 0 amide bonds. The number of hydrogen-bond acceptors (Lipinski definition) is 6. The van der Waals surface area contributed by atoms with Crippen LogP contribution >= 0.6 is 11.6 Å². The summed E-state index contributed by atoms with van der Waals surface area (Å²) in [5.74, 6) is -1.77. The largest absolute Gasteiger partial charge is 0.465 e. The van der Waals surface area contributed by atoms with Crippen LogP contribution in [0.25, 0.3) is 11.1 Å². The van der Waals surface area contributed by atoms with E-state index in [1.54, 1.807) is 39.0 Å². The monoisotopic (exact) mass is 432 g/mol. The third kappa shape index (κ3) is 5.83. The Balaban J connectivity index is 2.67. The van der Waals surface area contributed by atoms with Crippen molar-refractivity contribution in [2.45, 2.75) is 39.7 Å². The molecule has 2 aromatic rings. The van der Waals surface area contributed by atoms with Gasteiger partial charge in [-0.3, -0.25) is 0 Å². The summed E-state index contributed by atoms with van der Waals surface area (Å²) in [6.07, 6.45) is 0.674. The summed E-state index contributed by atoms with van der Waals surface area (Å²) >= 11 is 6.15. The second-order valence-electron chi connectivity index (χ2n) is 7.58. The molecular formula is C23H25ClO6. The molecule has 2 aromatic carbocycles. The Kier molecular flexibility index (Phi) is 7.62. The highest BCUT2D eigenvalue weighted by atomic mass is 35.5. The molecule has 0 unspecified atom stereocenters. The molecule has 0 spiro atoms. The first-order valence-corrected chi connectivity index (χ1v) is 9.88. The molecule has 0 heterocycles. The Morgan fingerprint density at radius 1 is 0.900 bits per heavy atom. The molecule has 30 heavy (non-hydrogen) atoms. The first-order valence-electron chi connectivity index (χ1n) is 9.50. The van der Waals surface area contributed by atoms with E-state index < -0.39 is 23.5 Å². The normalized spacial score (nSPS) is 11.0. The number of halogens is 1. The number of rotatable bonds is 6. The molecule has 160 valence electrons. The molecule has 0 saturated carbocycles. The zero-order valence-corrected chi connectivity index (χ0v) is 18.5. The molecule has 0 N–H and O–H groups in total. The van der Waals surface area contributed by atoms with Gasteiger partial charge in [-0.2, -0.15) is 0 Å². The van der Waals surface area contributed by atoms with Gasteiger partial charge in [0.2, 0.25) is 0 Å². The van der Waals surface area contributed by atoms with Crippen molar-refractivity contribution in [1.29, 1.82) is 0 Å². The van der Waals surface area contributed by atoms with E-state index in [0.717, 1.165) is 0 Å². The number of hydrogen-bond donors (Lipinski definition) is 0. The number of carbonyl (C=O) groups excluding carboxylic acids is 3. The maximum atomic E-state index is 13.0. The van der Waals surface area contributed by atoms with Crippen LogP contribution in [0.1, 0.15) is 65.2 Å². The minimum absolute atomic E-state index is 0.114. The van der Waals surface area contributed by atoms with Crippen LogP contribution in [0, 0.1) is 0 Å². The van der Waals surface area contributed by atoms with Gasteiger partial charge in [0, 0.05) is 5.02 Å². The Bertz CT molecular complexity index is 959. The average molecular weight is 433 g/mol. The molecule has 6 nitrogen and oxygen atoms in total. The van der Waals surface area contributed by atoms with Crippen LogP contribution in [0.15, 0.2) is 36.4 Å². The Morgan fingerprint density at radius 2 is 1.60 bits per heavy atom. The van der Waals surface area contributed by atoms with Crippen LogP contribution in [0.5, 0.6) is 0 Å². The van der Waals surface area contributed by atoms with Crippen molar-refractivity contribution >= 4 is 29.5 Å². The zero-order valence-electron chi connectivity index (χ0n) is 17.7. The fourth-order valence-electron chi connectivity index (χ4n) is 2.71. The van der Waals surface area contributed by atoms with Crippen molar-refractivity contribution in [1.82, 2.24) is 0 Å². The van der Waals surface area contributed by atoms with Gasteiger partial charge < -0.3 is 14.2 Å². The quantitative estimate of drug-likeness (QED) is 0.454. The topological polar surface area (TPSA) is 78.9 Å². The summed E-state index contributed by atoms with van der Waals surface area (Å²) < 4.78 is 15.5. The lowest BCUT2D eigenvalue weighted by molar-refractivity contribution is 0.00701. The van der Waals surface area contributed by atoms with Crippen molar-refractivity contribution in [3.8, 4) is 11.1 Å². The Labute approximate surface area is 181 Å². The molecular weight excluding hydrogens is 408 g/mol. The second-order valence-corrected chi connectivity index (χ2v) is 8.02. The van der Waals surface area contributed by atoms with Crippen molar-refractivity contribution in [3.63, 3.8) is 0 Å². The van der Waals surface area contributed by atoms with Gasteiger partial charge in [-0.15, -0.1) is 0 Å². The maximum Gasteiger partial charge on any atom is 0.339 e. The highest BCUT2D eigenvalue weighted by Gasteiger charge is 2.25. The lowest BCUT2D eigenvalue weighted by atomic mass is 9.93. The van der Waals surface area contributed by atoms with Gasteiger partial charge >= 0.3 is 17.9 Å². The molecule has 0 aliphatic rings. The van der Waals surface area contributed by atoms with Crippen LogP contribution in [-0.4, -0.2) is 37.2 Å². The molecule has 7 heteroatoms. The first kappa shape index (κ1) is 23.4. The molecule has 0 fully saturated rings. The van der Waals surface area contributed by atoms with Crippen LogP contribution in [0.4, 0.5) is 0 Å². The van der Waals surface area contributed by atoms with Crippen molar-refractivity contribution in [2.24, 2.45) is 0 Å². The van der Waals surface area contributed by atoms with E-state index in [1.807, 2.05) is 6.92 Å². The third-order valence-electron chi connectivity index (χ3n) is 3.99. The first-order chi connectivity index (χ1) is 14.1. The van der Waals surface area contributed by atoms with E-state index in [1.165, 1.54) is 25.3 Å². The van der Waals surface area contributed by atoms with Crippen LogP contribution < -0.4 is 0 Å². The maximum absolute atomic E-state index is 13.0. The molecule has 2 rings (SSSR count). The van der Waals surface area contributed by atoms with Gasteiger partial charge in [0.25, 0.3) is 0 Å². The minimum Gasteiger partial charge on any atom is -0.465 e. The second kappa shape index (κ2) is 9.76. The van der Waals surface area contributed by atoms with Gasteiger partial charge in [0.15, 0.2) is 0 Å². The molecule has 0 atom stereocenters. The molecule has 0 radical (unpaired) electrons. The van der Waals surface area contributed by atoms with Crippen molar-refractivity contribution in [3.05, 3.63) is 58.1 Å². The Hall–Kier alpha value is -2.86. The fourth-order valence-corrected chi connectivity index (χ4v) is 2.89. The highest BCUT2D eigenvalue weighted by molar-refractivity contribution is 6.31. The van der Waals surface area contributed by atoms with E-state index in [-0.39, 0.29) is 23.3 Å². The summed E-state index contributed by atoms with van der Waals surface area (Å²) in [5, 5.41) is 0.374. The fraction of sp³-hybridized carbons (Fsp3) is 0.348. The predicted octanol–water partition coefficient (Wildman–Crippen LogP) is 5.32. The average Bonchev–Trinajstić information content (AvgIpc) is 2.69. The smallest absolute Gasteiger partial charge is 0.339 e. The SMILES string of the molecule is CCCOC(=O)c1ccc(-c2cc(Cl)ccc2C(=O)OC)c(C(=O)OC(C)(C)C)c1. The van der Waals surface area contributed by atoms with E-state index in [4.69, 9.17) is 25.8 Å². The molecule has 0 aliphatic carbocycles. The summed E-state index contributed by atoms with van der Waals surface area (Å²) in [4.78, 5) is 37.5. The lowest BCUT2D eigenvalue weighted by Crippen LogP contribution is -2.24. The van der Waals surface area contributed by atoms with Gasteiger partial charge in [-0.25, -0.2) is 14.4 Å². The third-order valence-corrected chi connectivity index (χ3v) is 4.22. The molecule has 0 bridgehead atoms. The van der Waals surface area contributed by atoms with E-state index in [2.05, 4.69) is 0 Å². The zero-order chi connectivity index (χ0) is 22.5. The number of esters is 3. The minimum atomic E-state index is -0.757. The summed E-state index contributed by atoms with van der Waals surface area (Å²) in [7, 11) is 1.27. The van der Waals surface area contributed by atoms with Crippen LogP contribution in [0.2, 0.25) is 5.02 Å². The number of methoxy groups -OCH3 is 1. The predicted molar refractivity (Wildman–Crippen MR) is 114 cm³/mol. The van der Waals surface area contributed by atoms with Crippen LogP contribution in [-0.2, 0) is 14.2 Å². The van der Waals surface area contributed by atoms with Crippen molar-refractivity contribution in [2.75, 3.05) is 13.7 Å². The van der Waals surface area contributed by atoms with E-state index in [0.29, 0.717) is 22.6 Å². The van der Waals surface area contributed by atoms with Gasteiger partial charge in [0.05, 0.1) is 30.4 Å². The number of carbonyl (C=O) groups is 3. The summed E-state index contributed by atoms with van der Waals surface area (Å²) in [6, 6.07) is 9.14. The molecule has 0 aliphatic heterocycles. The number of ether oxygens (including phenoxy) is 3. The Morgan fingerprint density at radius 3 is 2.20 bits per heavy atom. The molecule has 0 saturated heterocycles. The molecule has 0 aromatic heterocycles. The van der Waals surface area contributed by atoms with Crippen molar-refractivity contribution < 1.29 is 28.6 Å². The van der Waals surface area contributed by atoms with Gasteiger partial charge in [-0.1, -0.05) is 24.6 Å². The summed E-state index contributed by atoms with van der Waals surface area (Å²) in [5.41, 5.74) is 0.570. The van der Waals surface area contributed by atoms with Gasteiger partial charge in [-0.05, 0) is 68.7 Å². The van der Waals surface area contributed by atoms with Crippen LogP contribution in [0.3, 0.4) is 0 Å². The standard InChI is InChI=1S/C23H25ClO6/c1-6-11-29-20(25)14-7-9-16(19(12-14)22(27)30-23(2,3)4)18-13-15(24)8-10-17(18)21(26)28-5/h7-10,12-13H,6,11H2,1-5H3. The lowest BCUT2D eigenvalue weighted by Gasteiger charge is -2.21. The highest BCUT2D eigenvalue weighted by Crippen LogP contribution is 2.32. The van der Waals surface area contributed by atoms with Gasteiger partial charge in [0.1, 0.15) is 5.60 Å². The van der Waals surface area contributed by atoms with E-state index >= 15 is 0 Å².